The summed E-state index contributed by atoms with van der Waals surface area (Å²) < 4.78 is 0. The summed E-state index contributed by atoms with van der Waals surface area (Å²) in [7, 11) is 0. The zero-order valence-electron chi connectivity index (χ0n) is 19.1. The summed E-state index contributed by atoms with van der Waals surface area (Å²) in [5, 5.41) is 0. The highest BCUT2D eigenvalue weighted by atomic mass is 16.2. The van der Waals surface area contributed by atoms with Crippen molar-refractivity contribution in [2.75, 3.05) is 32.7 Å². The molecule has 2 aliphatic rings. The van der Waals surface area contributed by atoms with Crippen LogP contribution < -0.4 is 0 Å². The molecule has 5 heteroatoms. The summed E-state index contributed by atoms with van der Waals surface area (Å²) in [6, 6.07) is 10.7. The van der Waals surface area contributed by atoms with Gasteiger partial charge in [0.2, 0.25) is 5.91 Å². The van der Waals surface area contributed by atoms with E-state index in [0.29, 0.717) is 12.3 Å². The number of carbonyl (C=O) groups excluding carboxylic acids is 1. The summed E-state index contributed by atoms with van der Waals surface area (Å²) in [5.74, 6) is 1.58. The Bertz CT molecular complexity index is 853. The van der Waals surface area contributed by atoms with Gasteiger partial charge >= 0.3 is 0 Å². The first-order valence-corrected chi connectivity index (χ1v) is 12.0. The Kier molecular flexibility index (Phi) is 7.33. The van der Waals surface area contributed by atoms with Crippen LogP contribution in [-0.4, -0.2) is 58.4 Å². The predicted octanol–water partition coefficient (Wildman–Crippen LogP) is 4.07. The Hall–Kier alpha value is -2.27. The first kappa shape index (κ1) is 21.9. The molecule has 2 saturated heterocycles. The van der Waals surface area contributed by atoms with Gasteiger partial charge in [-0.1, -0.05) is 30.3 Å². The molecule has 2 aliphatic heterocycles. The number of hydrogen-bond donors (Lipinski definition) is 0. The number of piperidine rings is 2. The fraction of sp³-hybridized carbons (Fsp3) is 0.577. The minimum Gasteiger partial charge on any atom is -0.342 e. The molecule has 1 aromatic carbocycles. The largest absolute Gasteiger partial charge is 0.342 e. The van der Waals surface area contributed by atoms with Gasteiger partial charge in [0.1, 0.15) is 5.82 Å². The van der Waals surface area contributed by atoms with Gasteiger partial charge in [-0.15, -0.1) is 0 Å². The number of rotatable bonds is 6. The van der Waals surface area contributed by atoms with Crippen LogP contribution in [0.15, 0.2) is 30.3 Å². The molecule has 3 heterocycles. The molecule has 0 saturated carbocycles. The normalized spacial score (nSPS) is 20.1. The monoisotopic (exact) mass is 420 g/mol. The first-order valence-electron chi connectivity index (χ1n) is 12.0. The Morgan fingerprint density at radius 2 is 1.68 bits per heavy atom. The predicted molar refractivity (Wildman–Crippen MR) is 124 cm³/mol. The van der Waals surface area contributed by atoms with Crippen LogP contribution in [0.5, 0.6) is 0 Å². The van der Waals surface area contributed by atoms with Gasteiger partial charge in [-0.2, -0.15) is 0 Å². The number of amides is 1. The summed E-state index contributed by atoms with van der Waals surface area (Å²) >= 11 is 0. The number of nitrogens with zero attached hydrogens (tertiary/aromatic N) is 4. The van der Waals surface area contributed by atoms with Crippen LogP contribution in [0, 0.1) is 13.8 Å². The van der Waals surface area contributed by atoms with E-state index in [1.165, 1.54) is 18.4 Å². The number of aromatic nitrogens is 2. The lowest BCUT2D eigenvalue weighted by molar-refractivity contribution is -0.131. The number of benzene rings is 1. The van der Waals surface area contributed by atoms with Crippen molar-refractivity contribution in [3.8, 4) is 0 Å². The lowest BCUT2D eigenvalue weighted by Crippen LogP contribution is -2.37. The average molecular weight is 421 g/mol. The van der Waals surface area contributed by atoms with Gasteiger partial charge in [-0.25, -0.2) is 9.97 Å². The molecule has 2 fully saturated rings. The van der Waals surface area contributed by atoms with E-state index in [1.807, 2.05) is 18.7 Å². The minimum absolute atomic E-state index is 0.229. The molecule has 0 radical (unpaired) electrons. The molecule has 1 amide bonds. The quantitative estimate of drug-likeness (QED) is 0.707. The Labute approximate surface area is 186 Å². The van der Waals surface area contributed by atoms with Crippen LogP contribution in [0.4, 0.5) is 0 Å². The number of aryl methyl sites for hydroxylation is 2. The van der Waals surface area contributed by atoms with Crippen molar-refractivity contribution in [2.24, 2.45) is 0 Å². The van der Waals surface area contributed by atoms with E-state index in [-0.39, 0.29) is 5.91 Å². The van der Waals surface area contributed by atoms with Crippen LogP contribution in [0.3, 0.4) is 0 Å². The maximum absolute atomic E-state index is 12.8. The minimum atomic E-state index is 0.229. The number of hydrogen-bond acceptors (Lipinski definition) is 4. The molecule has 0 bridgehead atoms. The van der Waals surface area contributed by atoms with E-state index in [9.17, 15) is 4.79 Å². The lowest BCUT2D eigenvalue weighted by atomic mass is 9.96. The number of likely N-dealkylation sites (tertiary alicyclic amines) is 2. The Balaban J connectivity index is 1.39. The van der Waals surface area contributed by atoms with Gasteiger partial charge in [0.25, 0.3) is 0 Å². The van der Waals surface area contributed by atoms with Crippen LogP contribution in [0.1, 0.15) is 66.4 Å². The third-order valence-electron chi connectivity index (χ3n) is 6.90. The second-order valence-corrected chi connectivity index (χ2v) is 9.22. The van der Waals surface area contributed by atoms with E-state index in [4.69, 9.17) is 9.97 Å². The SMILES string of the molecule is Cc1nc([C@@H]2CCCN(CCc3ccccc3)C2)nc(C)c1CC(=O)N1CCCCC1. The molecule has 0 spiro atoms. The number of carbonyl (C=O) groups is 1. The molecule has 5 nitrogen and oxygen atoms in total. The molecular formula is C26H36N4O. The molecule has 0 N–H and O–H groups in total. The Morgan fingerprint density at radius 1 is 0.968 bits per heavy atom. The van der Waals surface area contributed by atoms with E-state index in [1.54, 1.807) is 0 Å². The molecule has 1 atom stereocenters. The third kappa shape index (κ3) is 5.70. The second-order valence-electron chi connectivity index (χ2n) is 9.22. The van der Waals surface area contributed by atoms with E-state index in [0.717, 1.165) is 81.2 Å². The summed E-state index contributed by atoms with van der Waals surface area (Å²) in [4.78, 5) is 27.1. The average Bonchev–Trinajstić information content (AvgIpc) is 2.81. The van der Waals surface area contributed by atoms with Crippen molar-refractivity contribution < 1.29 is 4.79 Å². The fourth-order valence-corrected chi connectivity index (χ4v) is 5.01. The molecular weight excluding hydrogens is 384 g/mol. The van der Waals surface area contributed by atoms with Crippen molar-refractivity contribution in [3.63, 3.8) is 0 Å². The van der Waals surface area contributed by atoms with Crippen LogP contribution >= 0.6 is 0 Å². The van der Waals surface area contributed by atoms with Gasteiger partial charge in [0, 0.05) is 49.0 Å². The van der Waals surface area contributed by atoms with E-state index >= 15 is 0 Å². The third-order valence-corrected chi connectivity index (χ3v) is 6.90. The maximum Gasteiger partial charge on any atom is 0.227 e. The first-order chi connectivity index (χ1) is 15.1. The van der Waals surface area contributed by atoms with Crippen molar-refractivity contribution in [1.82, 2.24) is 19.8 Å². The lowest BCUT2D eigenvalue weighted by Gasteiger charge is -2.32. The highest BCUT2D eigenvalue weighted by Crippen LogP contribution is 2.26. The molecule has 4 rings (SSSR count). The van der Waals surface area contributed by atoms with Gasteiger partial charge < -0.3 is 9.80 Å². The van der Waals surface area contributed by atoms with Crippen molar-refractivity contribution in [3.05, 3.63) is 58.7 Å². The zero-order valence-corrected chi connectivity index (χ0v) is 19.1. The fourth-order valence-electron chi connectivity index (χ4n) is 5.01. The second kappa shape index (κ2) is 10.4. The Morgan fingerprint density at radius 3 is 2.39 bits per heavy atom. The topological polar surface area (TPSA) is 49.3 Å². The van der Waals surface area contributed by atoms with Gasteiger partial charge in [-0.3, -0.25) is 4.79 Å². The standard InChI is InChI=1S/C26H36N4O/c1-20-24(18-25(31)30-15-7-4-8-16-30)21(2)28-26(27-20)23-12-9-14-29(19-23)17-13-22-10-5-3-6-11-22/h3,5-6,10-11,23H,4,7-9,12-19H2,1-2H3/t23-/m1/s1. The van der Waals surface area contributed by atoms with Crippen LogP contribution in [0.2, 0.25) is 0 Å². The molecule has 1 aromatic heterocycles. The zero-order chi connectivity index (χ0) is 21.6. The van der Waals surface area contributed by atoms with Crippen LogP contribution in [-0.2, 0) is 17.6 Å². The van der Waals surface area contributed by atoms with E-state index in [2.05, 4.69) is 35.2 Å². The smallest absolute Gasteiger partial charge is 0.227 e. The molecule has 2 aromatic rings. The van der Waals surface area contributed by atoms with Crippen LogP contribution in [0.25, 0.3) is 0 Å². The van der Waals surface area contributed by atoms with E-state index < -0.39 is 0 Å². The van der Waals surface area contributed by atoms with Gasteiger partial charge in [0.15, 0.2) is 0 Å². The van der Waals surface area contributed by atoms with Gasteiger partial charge in [-0.05, 0) is 64.5 Å². The summed E-state index contributed by atoms with van der Waals surface area (Å²) in [6.07, 6.45) is 7.35. The van der Waals surface area contributed by atoms with Crippen molar-refractivity contribution in [1.29, 1.82) is 0 Å². The maximum atomic E-state index is 12.8. The molecule has 31 heavy (non-hydrogen) atoms. The molecule has 0 aliphatic carbocycles. The summed E-state index contributed by atoms with van der Waals surface area (Å²) in [6.45, 7) is 9.16. The molecule has 166 valence electrons. The molecule has 0 unspecified atom stereocenters. The summed E-state index contributed by atoms with van der Waals surface area (Å²) in [5.41, 5.74) is 4.38. The highest BCUT2D eigenvalue weighted by molar-refractivity contribution is 5.79. The highest BCUT2D eigenvalue weighted by Gasteiger charge is 2.25. The van der Waals surface area contributed by atoms with Crippen molar-refractivity contribution >= 4 is 5.91 Å². The van der Waals surface area contributed by atoms with Gasteiger partial charge in [0.05, 0.1) is 6.42 Å². The van der Waals surface area contributed by atoms with Crippen molar-refractivity contribution in [2.45, 2.75) is 64.7 Å².